The fourth-order valence-electron chi connectivity index (χ4n) is 5.19. The van der Waals surface area contributed by atoms with E-state index in [1.807, 2.05) is 24.3 Å². The predicted molar refractivity (Wildman–Crippen MR) is 121 cm³/mol. The van der Waals surface area contributed by atoms with E-state index in [0.717, 1.165) is 61.4 Å². The smallest absolute Gasteiger partial charge is 0.170 e. The van der Waals surface area contributed by atoms with E-state index in [4.69, 9.17) is 10.7 Å². The van der Waals surface area contributed by atoms with Crippen molar-refractivity contribution in [2.45, 2.75) is 38.6 Å². The van der Waals surface area contributed by atoms with Gasteiger partial charge < -0.3 is 5.73 Å². The van der Waals surface area contributed by atoms with Crippen LogP contribution in [0.1, 0.15) is 47.3 Å². The molecule has 1 unspecified atom stereocenters. The monoisotopic (exact) mass is 399 g/mol. The molecule has 3 aromatic rings. The van der Waals surface area contributed by atoms with E-state index in [0.29, 0.717) is 11.3 Å². The van der Waals surface area contributed by atoms with Crippen molar-refractivity contribution in [3.05, 3.63) is 71.4 Å². The molecule has 1 atom stereocenters. The third-order valence-corrected chi connectivity index (χ3v) is 6.94. The van der Waals surface area contributed by atoms with Crippen LogP contribution in [-0.2, 0) is 13.0 Å². The summed E-state index contributed by atoms with van der Waals surface area (Å²) in [5, 5.41) is 0.899. The van der Waals surface area contributed by atoms with Gasteiger partial charge in [-0.05, 0) is 56.3 Å². The molecule has 1 aliphatic heterocycles. The molecule has 2 heterocycles. The number of nitrogen functional groups attached to an aromatic ring is 1. The lowest BCUT2D eigenvalue weighted by molar-refractivity contribution is 0.0920. The van der Waals surface area contributed by atoms with Crippen LogP contribution in [0.15, 0.2) is 54.6 Å². The van der Waals surface area contributed by atoms with Crippen molar-refractivity contribution in [2.24, 2.45) is 11.8 Å². The Kier molecular flexibility index (Phi) is 5.26. The molecule has 1 aliphatic carbocycles. The van der Waals surface area contributed by atoms with E-state index in [-0.39, 0.29) is 11.7 Å². The standard InChI is InChI=1S/C26H29N3O/c27-25-21-8-4-5-9-22(21)28-23-16-20(26(30)24(23)25)11-10-18-12-14-29(15-13-18)17-19-6-2-1-3-7-19/h1-9,18,20H,10-17H2,(H2,27,28). The fraction of sp³-hybridized carbons (Fsp3) is 0.385. The lowest BCUT2D eigenvalue weighted by Gasteiger charge is -2.32. The highest BCUT2D eigenvalue weighted by Crippen LogP contribution is 2.37. The zero-order valence-electron chi connectivity index (χ0n) is 17.4. The predicted octanol–water partition coefficient (Wildman–Crippen LogP) is 4.86. The molecule has 1 fully saturated rings. The first-order chi connectivity index (χ1) is 14.7. The number of para-hydroxylation sites is 1. The number of hydrogen-bond acceptors (Lipinski definition) is 4. The van der Waals surface area contributed by atoms with Gasteiger partial charge in [-0.3, -0.25) is 14.7 Å². The van der Waals surface area contributed by atoms with Gasteiger partial charge in [0.05, 0.1) is 22.5 Å². The number of piperidine rings is 1. The van der Waals surface area contributed by atoms with Crippen LogP contribution in [0.3, 0.4) is 0 Å². The number of rotatable bonds is 5. The highest BCUT2D eigenvalue weighted by atomic mass is 16.1. The molecule has 2 aliphatic rings. The number of anilines is 1. The van der Waals surface area contributed by atoms with Crippen LogP contribution in [0.25, 0.3) is 10.9 Å². The Morgan fingerprint density at radius 3 is 2.50 bits per heavy atom. The van der Waals surface area contributed by atoms with Gasteiger partial charge in [0.2, 0.25) is 0 Å². The first-order valence-electron chi connectivity index (χ1n) is 11.2. The number of nitrogens with zero attached hydrogens (tertiary/aromatic N) is 2. The first kappa shape index (κ1) is 19.3. The summed E-state index contributed by atoms with van der Waals surface area (Å²) in [5.41, 5.74) is 10.9. The van der Waals surface area contributed by atoms with Crippen LogP contribution in [0.4, 0.5) is 5.69 Å². The van der Waals surface area contributed by atoms with Gasteiger partial charge in [0, 0.05) is 24.3 Å². The lowest BCUT2D eigenvalue weighted by atomic mass is 9.87. The minimum atomic E-state index is 0.0500. The van der Waals surface area contributed by atoms with E-state index in [9.17, 15) is 4.79 Å². The number of carbonyl (C=O) groups excluding carboxylic acids is 1. The Hall–Kier alpha value is -2.72. The number of carbonyl (C=O) groups is 1. The highest BCUT2D eigenvalue weighted by molar-refractivity contribution is 6.11. The quantitative estimate of drug-likeness (QED) is 0.665. The number of fused-ring (bicyclic) bond motifs is 2. The molecule has 2 N–H and O–H groups in total. The Balaban J connectivity index is 1.17. The summed E-state index contributed by atoms with van der Waals surface area (Å²) >= 11 is 0. The van der Waals surface area contributed by atoms with Crippen molar-refractivity contribution >= 4 is 22.4 Å². The number of hydrogen-bond donors (Lipinski definition) is 1. The Bertz CT molecular complexity index is 1050. The first-order valence-corrected chi connectivity index (χ1v) is 11.2. The van der Waals surface area contributed by atoms with E-state index in [1.165, 1.54) is 18.4 Å². The molecule has 4 nitrogen and oxygen atoms in total. The zero-order chi connectivity index (χ0) is 20.5. The number of ketones is 1. The average Bonchev–Trinajstić information content (AvgIpc) is 3.09. The summed E-state index contributed by atoms with van der Waals surface area (Å²) < 4.78 is 0. The molecule has 154 valence electrons. The minimum absolute atomic E-state index is 0.0500. The SMILES string of the molecule is Nc1c2c(nc3ccccc13)CC(CCC1CCN(Cc3ccccc3)CC1)C2=O. The molecule has 0 spiro atoms. The van der Waals surface area contributed by atoms with Crippen LogP contribution in [0, 0.1) is 11.8 Å². The maximum absolute atomic E-state index is 13.1. The number of nitrogens with two attached hydrogens (primary N) is 1. The average molecular weight is 400 g/mol. The van der Waals surface area contributed by atoms with E-state index >= 15 is 0 Å². The summed E-state index contributed by atoms with van der Waals surface area (Å²) in [5.74, 6) is 0.981. The van der Waals surface area contributed by atoms with Crippen molar-refractivity contribution in [1.29, 1.82) is 0 Å². The number of benzene rings is 2. The number of likely N-dealkylation sites (tertiary alicyclic amines) is 1. The second kappa shape index (κ2) is 8.19. The van der Waals surface area contributed by atoms with E-state index < -0.39 is 0 Å². The molecule has 0 amide bonds. The lowest BCUT2D eigenvalue weighted by Crippen LogP contribution is -2.33. The van der Waals surface area contributed by atoms with Gasteiger partial charge in [-0.2, -0.15) is 0 Å². The van der Waals surface area contributed by atoms with Crippen LogP contribution < -0.4 is 5.73 Å². The van der Waals surface area contributed by atoms with Crippen LogP contribution in [0.2, 0.25) is 0 Å². The van der Waals surface area contributed by atoms with Crippen molar-refractivity contribution < 1.29 is 4.79 Å². The molecule has 1 aromatic heterocycles. The van der Waals surface area contributed by atoms with Gasteiger partial charge in [0.15, 0.2) is 5.78 Å². The zero-order valence-corrected chi connectivity index (χ0v) is 17.4. The third-order valence-electron chi connectivity index (χ3n) is 6.94. The van der Waals surface area contributed by atoms with Crippen molar-refractivity contribution in [1.82, 2.24) is 9.88 Å². The van der Waals surface area contributed by atoms with E-state index in [2.05, 4.69) is 35.2 Å². The number of pyridine rings is 1. The van der Waals surface area contributed by atoms with Gasteiger partial charge in [0.1, 0.15) is 0 Å². The van der Waals surface area contributed by atoms with Crippen LogP contribution >= 0.6 is 0 Å². The fourth-order valence-corrected chi connectivity index (χ4v) is 5.19. The van der Waals surface area contributed by atoms with Crippen molar-refractivity contribution in [3.8, 4) is 0 Å². The van der Waals surface area contributed by atoms with Crippen LogP contribution in [0.5, 0.6) is 0 Å². The molecular weight excluding hydrogens is 370 g/mol. The Labute approximate surface area is 178 Å². The Morgan fingerprint density at radius 2 is 1.70 bits per heavy atom. The molecule has 2 aromatic carbocycles. The second-order valence-electron chi connectivity index (χ2n) is 8.91. The maximum Gasteiger partial charge on any atom is 0.170 e. The Morgan fingerprint density at radius 1 is 0.967 bits per heavy atom. The molecule has 4 heteroatoms. The second-order valence-corrected chi connectivity index (χ2v) is 8.91. The van der Waals surface area contributed by atoms with Gasteiger partial charge in [-0.1, -0.05) is 48.5 Å². The highest BCUT2D eigenvalue weighted by Gasteiger charge is 2.34. The molecular formula is C26H29N3O. The maximum atomic E-state index is 13.1. The van der Waals surface area contributed by atoms with Gasteiger partial charge in [-0.25, -0.2) is 0 Å². The van der Waals surface area contributed by atoms with Gasteiger partial charge in [0.25, 0.3) is 0 Å². The van der Waals surface area contributed by atoms with Crippen molar-refractivity contribution in [3.63, 3.8) is 0 Å². The van der Waals surface area contributed by atoms with Gasteiger partial charge >= 0.3 is 0 Å². The molecule has 1 saturated heterocycles. The minimum Gasteiger partial charge on any atom is -0.398 e. The molecule has 0 bridgehead atoms. The third kappa shape index (κ3) is 3.72. The number of Topliss-reactive ketones (excluding diaryl/α,β-unsaturated/α-hetero) is 1. The normalized spacial score (nSPS) is 20.0. The summed E-state index contributed by atoms with van der Waals surface area (Å²) in [4.78, 5) is 20.4. The molecule has 0 radical (unpaired) electrons. The summed E-state index contributed by atoms with van der Waals surface area (Å²) in [6.45, 7) is 3.35. The van der Waals surface area contributed by atoms with E-state index in [1.54, 1.807) is 0 Å². The molecule has 0 saturated carbocycles. The van der Waals surface area contributed by atoms with Crippen molar-refractivity contribution in [2.75, 3.05) is 18.8 Å². The van der Waals surface area contributed by atoms with Gasteiger partial charge in [-0.15, -0.1) is 0 Å². The molecule has 5 rings (SSSR count). The summed E-state index contributed by atoms with van der Waals surface area (Å²) in [7, 11) is 0. The van der Waals surface area contributed by atoms with Crippen LogP contribution in [-0.4, -0.2) is 28.8 Å². The largest absolute Gasteiger partial charge is 0.398 e. The topological polar surface area (TPSA) is 59.2 Å². The summed E-state index contributed by atoms with van der Waals surface area (Å²) in [6, 6.07) is 18.6. The molecule has 30 heavy (non-hydrogen) atoms. The summed E-state index contributed by atoms with van der Waals surface area (Å²) in [6.07, 6.45) is 5.28. The number of aromatic nitrogens is 1.